The Morgan fingerprint density at radius 2 is 2.18 bits per heavy atom. The summed E-state index contributed by atoms with van der Waals surface area (Å²) in [4.78, 5) is 0. The minimum Gasteiger partial charge on any atom is -0.312 e. The highest BCUT2D eigenvalue weighted by Crippen LogP contribution is 2.04. The number of hydrogen-bond donors (Lipinski definition) is 1. The maximum Gasteiger partial charge on any atom is 0.0637 e. The summed E-state index contributed by atoms with van der Waals surface area (Å²) in [5.74, 6) is 0. The van der Waals surface area contributed by atoms with Crippen molar-refractivity contribution < 1.29 is 0 Å². The van der Waals surface area contributed by atoms with Gasteiger partial charge in [-0.25, -0.2) is 0 Å². The van der Waals surface area contributed by atoms with Crippen molar-refractivity contribution in [3.63, 3.8) is 0 Å². The van der Waals surface area contributed by atoms with Gasteiger partial charge < -0.3 is 5.32 Å². The molecule has 0 spiro atoms. The van der Waals surface area contributed by atoms with Crippen LogP contribution >= 0.6 is 0 Å². The smallest absolute Gasteiger partial charge is 0.0637 e. The largest absolute Gasteiger partial charge is 0.312 e. The molecule has 0 aromatic carbocycles. The summed E-state index contributed by atoms with van der Waals surface area (Å²) < 4.78 is 3.73. The standard InChI is InChI=1S/C12H19N5/c1-10-11(9-14-17(10)3)8-13-6-4-12-5-7-16(2)15-12/h5,7,9,13H,4,6,8H2,1-3H3. The molecule has 1 N–H and O–H groups in total. The van der Waals surface area contributed by atoms with Crippen molar-refractivity contribution in [1.29, 1.82) is 0 Å². The molecule has 0 aliphatic heterocycles. The maximum absolute atomic E-state index is 4.34. The molecule has 0 aliphatic carbocycles. The number of aryl methyl sites for hydroxylation is 2. The predicted octanol–water partition coefficient (Wildman–Crippen LogP) is 0.794. The summed E-state index contributed by atoms with van der Waals surface area (Å²) in [6.07, 6.45) is 4.85. The van der Waals surface area contributed by atoms with E-state index in [2.05, 4.69) is 28.5 Å². The van der Waals surface area contributed by atoms with E-state index in [1.165, 1.54) is 11.3 Å². The van der Waals surface area contributed by atoms with E-state index in [0.29, 0.717) is 0 Å². The molecule has 5 heteroatoms. The number of nitrogens with one attached hydrogen (secondary N) is 1. The predicted molar refractivity (Wildman–Crippen MR) is 66.6 cm³/mol. The van der Waals surface area contributed by atoms with Crippen LogP contribution in [0.25, 0.3) is 0 Å². The number of rotatable bonds is 5. The van der Waals surface area contributed by atoms with Crippen LogP contribution in [0.3, 0.4) is 0 Å². The number of aromatic nitrogens is 4. The van der Waals surface area contributed by atoms with Gasteiger partial charge in [0.15, 0.2) is 0 Å². The van der Waals surface area contributed by atoms with Crippen LogP contribution in [0.15, 0.2) is 18.5 Å². The molecule has 0 saturated heterocycles. The summed E-state index contributed by atoms with van der Waals surface area (Å²) in [6.45, 7) is 3.89. The first-order chi connectivity index (χ1) is 8.16. The van der Waals surface area contributed by atoms with Crippen LogP contribution in [0, 0.1) is 6.92 Å². The molecule has 2 aromatic rings. The van der Waals surface area contributed by atoms with E-state index in [4.69, 9.17) is 0 Å². The van der Waals surface area contributed by atoms with Crippen LogP contribution in [0.4, 0.5) is 0 Å². The van der Waals surface area contributed by atoms with Crippen LogP contribution in [-0.4, -0.2) is 26.1 Å². The zero-order valence-corrected chi connectivity index (χ0v) is 10.6. The lowest BCUT2D eigenvalue weighted by Gasteiger charge is -2.03. The highest BCUT2D eigenvalue weighted by molar-refractivity contribution is 5.15. The lowest BCUT2D eigenvalue weighted by atomic mass is 10.2. The molecule has 0 saturated carbocycles. The first-order valence-electron chi connectivity index (χ1n) is 5.83. The molecule has 5 nitrogen and oxygen atoms in total. The van der Waals surface area contributed by atoms with Crippen molar-refractivity contribution >= 4 is 0 Å². The fourth-order valence-corrected chi connectivity index (χ4v) is 1.75. The second kappa shape index (κ2) is 5.14. The summed E-state index contributed by atoms with van der Waals surface area (Å²) in [5.41, 5.74) is 3.60. The van der Waals surface area contributed by atoms with Crippen molar-refractivity contribution in [1.82, 2.24) is 24.9 Å². The van der Waals surface area contributed by atoms with Crippen molar-refractivity contribution in [3.8, 4) is 0 Å². The van der Waals surface area contributed by atoms with Crippen LogP contribution < -0.4 is 5.32 Å². The number of nitrogens with zero attached hydrogens (tertiary/aromatic N) is 4. The lowest BCUT2D eigenvalue weighted by Crippen LogP contribution is -2.17. The number of hydrogen-bond acceptors (Lipinski definition) is 3. The minimum atomic E-state index is 0.868. The molecule has 2 heterocycles. The monoisotopic (exact) mass is 233 g/mol. The van der Waals surface area contributed by atoms with E-state index in [-0.39, 0.29) is 0 Å². The van der Waals surface area contributed by atoms with Gasteiger partial charge in [-0.15, -0.1) is 0 Å². The van der Waals surface area contributed by atoms with Gasteiger partial charge in [0, 0.05) is 51.1 Å². The lowest BCUT2D eigenvalue weighted by molar-refractivity contribution is 0.661. The Morgan fingerprint density at radius 3 is 2.76 bits per heavy atom. The van der Waals surface area contributed by atoms with E-state index in [0.717, 1.165) is 25.2 Å². The molecule has 0 radical (unpaired) electrons. The molecule has 2 aromatic heterocycles. The Kier molecular flexibility index (Phi) is 3.58. The van der Waals surface area contributed by atoms with Gasteiger partial charge in [0.2, 0.25) is 0 Å². The third-order valence-electron chi connectivity index (χ3n) is 2.98. The summed E-state index contributed by atoms with van der Waals surface area (Å²) in [5, 5.41) is 12.0. The van der Waals surface area contributed by atoms with Gasteiger partial charge in [0.25, 0.3) is 0 Å². The maximum atomic E-state index is 4.34. The van der Waals surface area contributed by atoms with Gasteiger partial charge in [-0.1, -0.05) is 0 Å². The zero-order valence-electron chi connectivity index (χ0n) is 10.6. The summed E-state index contributed by atoms with van der Waals surface area (Å²) >= 11 is 0. The van der Waals surface area contributed by atoms with Gasteiger partial charge in [-0.05, 0) is 13.0 Å². The Labute approximate surface area is 101 Å². The molecule has 0 amide bonds. The van der Waals surface area contributed by atoms with Crippen molar-refractivity contribution in [2.24, 2.45) is 14.1 Å². The molecule has 0 bridgehead atoms. The summed E-state index contributed by atoms with van der Waals surface area (Å²) in [7, 11) is 3.91. The van der Waals surface area contributed by atoms with Gasteiger partial charge >= 0.3 is 0 Å². The van der Waals surface area contributed by atoms with Gasteiger partial charge in [-0.3, -0.25) is 9.36 Å². The molecule has 0 fully saturated rings. The second-order valence-corrected chi connectivity index (χ2v) is 4.29. The van der Waals surface area contributed by atoms with E-state index in [9.17, 15) is 0 Å². The highest BCUT2D eigenvalue weighted by atomic mass is 15.3. The van der Waals surface area contributed by atoms with Crippen molar-refractivity contribution in [3.05, 3.63) is 35.4 Å². The Morgan fingerprint density at radius 1 is 1.35 bits per heavy atom. The minimum absolute atomic E-state index is 0.868. The van der Waals surface area contributed by atoms with E-state index >= 15 is 0 Å². The molecular formula is C12H19N5. The van der Waals surface area contributed by atoms with E-state index < -0.39 is 0 Å². The fourth-order valence-electron chi connectivity index (χ4n) is 1.75. The normalized spacial score (nSPS) is 11.0. The summed E-state index contributed by atoms with van der Waals surface area (Å²) in [6, 6.07) is 2.05. The van der Waals surface area contributed by atoms with Crippen molar-refractivity contribution in [2.45, 2.75) is 19.9 Å². The van der Waals surface area contributed by atoms with E-state index in [1.807, 2.05) is 35.9 Å². The van der Waals surface area contributed by atoms with E-state index in [1.54, 1.807) is 0 Å². The van der Waals surface area contributed by atoms with Crippen LogP contribution in [0.5, 0.6) is 0 Å². The molecule has 92 valence electrons. The SMILES string of the molecule is Cc1c(CNCCc2ccn(C)n2)cnn1C. The van der Waals surface area contributed by atoms with Gasteiger partial charge in [0.05, 0.1) is 11.9 Å². The topological polar surface area (TPSA) is 47.7 Å². The average molecular weight is 233 g/mol. The first-order valence-corrected chi connectivity index (χ1v) is 5.83. The third kappa shape index (κ3) is 2.94. The molecular weight excluding hydrogens is 214 g/mol. The molecule has 0 aliphatic rings. The Balaban J connectivity index is 1.75. The van der Waals surface area contributed by atoms with Crippen LogP contribution in [-0.2, 0) is 27.1 Å². The second-order valence-electron chi connectivity index (χ2n) is 4.29. The van der Waals surface area contributed by atoms with Crippen molar-refractivity contribution in [2.75, 3.05) is 6.54 Å². The Hall–Kier alpha value is -1.62. The molecule has 2 rings (SSSR count). The molecule has 0 atom stereocenters. The highest BCUT2D eigenvalue weighted by Gasteiger charge is 2.02. The van der Waals surface area contributed by atoms with Crippen LogP contribution in [0.1, 0.15) is 17.0 Å². The van der Waals surface area contributed by atoms with Gasteiger partial charge in [-0.2, -0.15) is 10.2 Å². The quantitative estimate of drug-likeness (QED) is 0.777. The fraction of sp³-hybridized carbons (Fsp3) is 0.500. The zero-order chi connectivity index (χ0) is 12.3. The first kappa shape index (κ1) is 11.9. The van der Waals surface area contributed by atoms with Crippen LogP contribution in [0.2, 0.25) is 0 Å². The average Bonchev–Trinajstić information content (AvgIpc) is 2.84. The molecule has 17 heavy (non-hydrogen) atoms. The van der Waals surface area contributed by atoms with Gasteiger partial charge in [0.1, 0.15) is 0 Å². The Bertz CT molecular complexity index is 483. The molecule has 0 unspecified atom stereocenters. The third-order valence-corrected chi connectivity index (χ3v) is 2.98.